The maximum Gasteiger partial charge on any atom is 0.203 e. The Morgan fingerprint density at radius 1 is 0.905 bits per heavy atom. The monoisotopic (exact) mass is 286 g/mol. The van der Waals surface area contributed by atoms with E-state index in [4.69, 9.17) is 14.2 Å². The third-order valence-corrected chi connectivity index (χ3v) is 3.13. The van der Waals surface area contributed by atoms with Gasteiger partial charge in [0.2, 0.25) is 5.75 Å². The molecular formula is C14H14N4O3. The number of rotatable bonds is 4. The number of benzene rings is 1. The number of nitrogens with one attached hydrogen (secondary N) is 1. The molecule has 3 rings (SSSR count). The molecule has 0 bridgehead atoms. The van der Waals surface area contributed by atoms with Crippen molar-refractivity contribution in [2.75, 3.05) is 21.3 Å². The Balaban J connectivity index is 2.17. The summed E-state index contributed by atoms with van der Waals surface area (Å²) in [6.45, 7) is 0. The second kappa shape index (κ2) is 5.28. The van der Waals surface area contributed by atoms with E-state index in [0.717, 1.165) is 16.6 Å². The number of H-pyrrole nitrogens is 1. The standard InChI is InChI=1S/C14H14N4O3/c1-19-11-4-8(5-12(20-2)13(11)21-3)14-17-9-6-15-16-7-10(9)18-14/h4-7H,1-3H3,(H,17,18). The number of hydrogen-bond donors (Lipinski definition) is 1. The van der Waals surface area contributed by atoms with Crippen LogP contribution < -0.4 is 14.2 Å². The summed E-state index contributed by atoms with van der Waals surface area (Å²) in [6.07, 6.45) is 3.23. The molecule has 108 valence electrons. The molecule has 1 N–H and O–H groups in total. The molecular weight excluding hydrogens is 272 g/mol. The third kappa shape index (κ3) is 2.22. The van der Waals surface area contributed by atoms with Crippen molar-refractivity contribution in [1.29, 1.82) is 0 Å². The van der Waals surface area contributed by atoms with Crippen LogP contribution in [0.3, 0.4) is 0 Å². The van der Waals surface area contributed by atoms with Gasteiger partial charge in [-0.1, -0.05) is 0 Å². The molecule has 0 atom stereocenters. The quantitative estimate of drug-likeness (QED) is 0.790. The number of ether oxygens (including phenoxy) is 3. The van der Waals surface area contributed by atoms with Crippen molar-refractivity contribution < 1.29 is 14.2 Å². The Morgan fingerprint density at radius 3 is 2.14 bits per heavy atom. The fourth-order valence-corrected chi connectivity index (χ4v) is 2.13. The Labute approximate surface area is 120 Å². The SMILES string of the molecule is COc1cc(-c2nc3cnncc3[nH]2)cc(OC)c1OC. The zero-order chi connectivity index (χ0) is 14.8. The Bertz CT molecular complexity index is 727. The lowest BCUT2D eigenvalue weighted by Crippen LogP contribution is -1.96. The minimum Gasteiger partial charge on any atom is -0.493 e. The highest BCUT2D eigenvalue weighted by molar-refractivity contribution is 5.78. The normalized spacial score (nSPS) is 10.6. The van der Waals surface area contributed by atoms with Gasteiger partial charge in [0.25, 0.3) is 0 Å². The maximum absolute atomic E-state index is 5.34. The van der Waals surface area contributed by atoms with E-state index in [2.05, 4.69) is 20.2 Å². The van der Waals surface area contributed by atoms with Crippen molar-refractivity contribution in [2.45, 2.75) is 0 Å². The molecule has 0 saturated carbocycles. The van der Waals surface area contributed by atoms with Gasteiger partial charge in [0.05, 0.1) is 39.2 Å². The number of nitrogens with zero attached hydrogens (tertiary/aromatic N) is 3. The molecule has 7 nitrogen and oxygen atoms in total. The maximum atomic E-state index is 5.34. The molecule has 0 saturated heterocycles. The number of aromatic amines is 1. The fraction of sp³-hybridized carbons (Fsp3) is 0.214. The molecule has 0 aliphatic heterocycles. The summed E-state index contributed by atoms with van der Waals surface area (Å²) in [7, 11) is 4.72. The zero-order valence-electron chi connectivity index (χ0n) is 11.9. The van der Waals surface area contributed by atoms with Gasteiger partial charge in [-0.15, -0.1) is 0 Å². The highest BCUT2D eigenvalue weighted by Crippen LogP contribution is 2.40. The first-order valence-electron chi connectivity index (χ1n) is 6.23. The summed E-state index contributed by atoms with van der Waals surface area (Å²) in [5.41, 5.74) is 2.38. The van der Waals surface area contributed by atoms with Gasteiger partial charge in [0.15, 0.2) is 11.5 Å². The van der Waals surface area contributed by atoms with Gasteiger partial charge in [-0.2, -0.15) is 10.2 Å². The molecule has 0 fully saturated rings. The first-order valence-corrected chi connectivity index (χ1v) is 6.23. The largest absolute Gasteiger partial charge is 0.493 e. The van der Waals surface area contributed by atoms with E-state index in [-0.39, 0.29) is 0 Å². The van der Waals surface area contributed by atoms with Gasteiger partial charge < -0.3 is 19.2 Å². The first kappa shape index (κ1) is 13.2. The van der Waals surface area contributed by atoms with Gasteiger partial charge in [-0.05, 0) is 12.1 Å². The Kier molecular flexibility index (Phi) is 3.31. The van der Waals surface area contributed by atoms with Gasteiger partial charge in [0.1, 0.15) is 11.3 Å². The number of fused-ring (bicyclic) bond motifs is 1. The van der Waals surface area contributed by atoms with Crippen LogP contribution in [0.15, 0.2) is 24.5 Å². The van der Waals surface area contributed by atoms with Crippen LogP contribution in [-0.2, 0) is 0 Å². The van der Waals surface area contributed by atoms with E-state index in [0.29, 0.717) is 23.1 Å². The van der Waals surface area contributed by atoms with Crippen LogP contribution in [0.1, 0.15) is 0 Å². The minimum absolute atomic E-state index is 0.545. The molecule has 7 heteroatoms. The second-order valence-corrected chi connectivity index (χ2v) is 4.29. The van der Waals surface area contributed by atoms with Gasteiger partial charge in [-0.3, -0.25) is 0 Å². The lowest BCUT2D eigenvalue weighted by Gasteiger charge is -2.13. The van der Waals surface area contributed by atoms with Crippen LogP contribution in [0.25, 0.3) is 22.4 Å². The lowest BCUT2D eigenvalue weighted by molar-refractivity contribution is 0.324. The molecule has 3 aromatic rings. The fourth-order valence-electron chi connectivity index (χ4n) is 2.13. The lowest BCUT2D eigenvalue weighted by atomic mass is 10.1. The van der Waals surface area contributed by atoms with Crippen molar-refractivity contribution in [3.05, 3.63) is 24.5 Å². The topological polar surface area (TPSA) is 82.2 Å². The zero-order valence-corrected chi connectivity index (χ0v) is 11.9. The average molecular weight is 286 g/mol. The van der Waals surface area contributed by atoms with Crippen LogP contribution in [0.5, 0.6) is 17.2 Å². The van der Waals surface area contributed by atoms with E-state index in [1.807, 2.05) is 12.1 Å². The van der Waals surface area contributed by atoms with Crippen LogP contribution in [0.2, 0.25) is 0 Å². The molecule has 0 amide bonds. The predicted molar refractivity (Wildman–Crippen MR) is 76.8 cm³/mol. The summed E-state index contributed by atoms with van der Waals surface area (Å²) in [4.78, 5) is 7.67. The van der Waals surface area contributed by atoms with Crippen LogP contribution in [0, 0.1) is 0 Å². The number of methoxy groups -OCH3 is 3. The van der Waals surface area contributed by atoms with Gasteiger partial charge in [-0.25, -0.2) is 4.98 Å². The third-order valence-electron chi connectivity index (χ3n) is 3.13. The molecule has 2 heterocycles. The molecule has 0 aliphatic carbocycles. The van der Waals surface area contributed by atoms with Crippen molar-refractivity contribution in [3.63, 3.8) is 0 Å². The summed E-state index contributed by atoms with van der Waals surface area (Å²) in [5.74, 6) is 2.37. The molecule has 2 aromatic heterocycles. The summed E-state index contributed by atoms with van der Waals surface area (Å²) >= 11 is 0. The van der Waals surface area contributed by atoms with Gasteiger partial charge >= 0.3 is 0 Å². The number of hydrogen-bond acceptors (Lipinski definition) is 6. The van der Waals surface area contributed by atoms with Crippen molar-refractivity contribution >= 4 is 11.0 Å². The molecule has 1 aromatic carbocycles. The van der Waals surface area contributed by atoms with Gasteiger partial charge in [0, 0.05) is 5.56 Å². The second-order valence-electron chi connectivity index (χ2n) is 4.29. The molecule has 0 aliphatic rings. The average Bonchev–Trinajstić information content (AvgIpc) is 2.97. The van der Waals surface area contributed by atoms with E-state index in [1.165, 1.54) is 0 Å². The summed E-state index contributed by atoms with van der Waals surface area (Å²) < 4.78 is 16.0. The van der Waals surface area contributed by atoms with Crippen molar-refractivity contribution in [3.8, 4) is 28.6 Å². The highest BCUT2D eigenvalue weighted by atomic mass is 16.5. The molecule has 0 spiro atoms. The Hall–Kier alpha value is -2.83. The predicted octanol–water partition coefficient (Wildman–Crippen LogP) is 2.05. The molecule has 21 heavy (non-hydrogen) atoms. The highest BCUT2D eigenvalue weighted by Gasteiger charge is 2.16. The summed E-state index contributed by atoms with van der Waals surface area (Å²) in [6, 6.07) is 3.67. The number of imidazole rings is 1. The summed E-state index contributed by atoms with van der Waals surface area (Å²) in [5, 5.41) is 7.64. The smallest absolute Gasteiger partial charge is 0.203 e. The van der Waals surface area contributed by atoms with Crippen molar-refractivity contribution in [1.82, 2.24) is 20.2 Å². The van der Waals surface area contributed by atoms with E-state index >= 15 is 0 Å². The van der Waals surface area contributed by atoms with Crippen molar-refractivity contribution in [2.24, 2.45) is 0 Å². The van der Waals surface area contributed by atoms with E-state index < -0.39 is 0 Å². The van der Waals surface area contributed by atoms with E-state index in [9.17, 15) is 0 Å². The van der Waals surface area contributed by atoms with Crippen LogP contribution in [0.4, 0.5) is 0 Å². The van der Waals surface area contributed by atoms with E-state index in [1.54, 1.807) is 33.7 Å². The Morgan fingerprint density at radius 2 is 1.57 bits per heavy atom. The number of aromatic nitrogens is 4. The molecule has 0 unspecified atom stereocenters. The van der Waals surface area contributed by atoms with Crippen LogP contribution in [-0.4, -0.2) is 41.5 Å². The first-order chi connectivity index (χ1) is 10.3. The molecule has 0 radical (unpaired) electrons. The minimum atomic E-state index is 0.545. The van der Waals surface area contributed by atoms with Crippen LogP contribution >= 0.6 is 0 Å².